The van der Waals surface area contributed by atoms with Crippen LogP contribution in [0.15, 0.2) is 30.7 Å². The van der Waals surface area contributed by atoms with Crippen LogP contribution in [0, 0.1) is 6.92 Å². The van der Waals surface area contributed by atoms with Crippen molar-refractivity contribution >= 4 is 17.5 Å². The van der Waals surface area contributed by atoms with E-state index in [9.17, 15) is 4.79 Å². The molecule has 6 heteroatoms. The molecule has 0 aliphatic rings. The number of aromatic nitrogens is 3. The largest absolute Gasteiger partial charge is 0.347 e. The first kappa shape index (κ1) is 12.4. The second kappa shape index (κ2) is 5.55. The van der Waals surface area contributed by atoms with Crippen LogP contribution in [0.4, 0.5) is 0 Å². The molecular weight excluding hydrogens is 252 g/mol. The van der Waals surface area contributed by atoms with E-state index >= 15 is 0 Å². The Labute approximate surface area is 109 Å². The average molecular weight is 263 g/mol. The number of pyridine rings is 1. The molecular formula is C12H11ClN4O. The zero-order valence-corrected chi connectivity index (χ0v) is 10.5. The Morgan fingerprint density at radius 2 is 2.17 bits per heavy atom. The van der Waals surface area contributed by atoms with Gasteiger partial charge in [-0.05, 0) is 18.6 Å². The number of halogens is 1. The quantitative estimate of drug-likeness (QED) is 0.915. The van der Waals surface area contributed by atoms with E-state index in [1.165, 1.54) is 12.4 Å². The lowest BCUT2D eigenvalue weighted by Crippen LogP contribution is -2.24. The lowest BCUT2D eigenvalue weighted by molar-refractivity contribution is 0.0945. The Kier molecular flexibility index (Phi) is 3.84. The molecule has 18 heavy (non-hydrogen) atoms. The number of hydrogen-bond acceptors (Lipinski definition) is 4. The fourth-order valence-electron chi connectivity index (χ4n) is 1.33. The van der Waals surface area contributed by atoms with Gasteiger partial charge in [-0.15, -0.1) is 0 Å². The lowest BCUT2D eigenvalue weighted by Gasteiger charge is -2.04. The summed E-state index contributed by atoms with van der Waals surface area (Å²) < 4.78 is 0. The van der Waals surface area contributed by atoms with E-state index in [-0.39, 0.29) is 16.8 Å². The molecule has 0 radical (unpaired) electrons. The SMILES string of the molecule is Cc1ccc(CNC(=O)c2cncc(Cl)n2)cn1. The van der Waals surface area contributed by atoms with E-state index in [2.05, 4.69) is 20.3 Å². The fraction of sp³-hybridized carbons (Fsp3) is 0.167. The predicted molar refractivity (Wildman–Crippen MR) is 67.2 cm³/mol. The minimum absolute atomic E-state index is 0.194. The maximum absolute atomic E-state index is 11.7. The highest BCUT2D eigenvalue weighted by Gasteiger charge is 2.07. The zero-order valence-electron chi connectivity index (χ0n) is 9.72. The van der Waals surface area contributed by atoms with Gasteiger partial charge in [-0.3, -0.25) is 14.8 Å². The molecule has 2 aromatic heterocycles. The minimum atomic E-state index is -0.314. The molecule has 0 unspecified atom stereocenters. The molecule has 0 spiro atoms. The summed E-state index contributed by atoms with van der Waals surface area (Å²) in [5.74, 6) is -0.314. The molecule has 5 nitrogen and oxygen atoms in total. The van der Waals surface area contributed by atoms with Gasteiger partial charge in [0.25, 0.3) is 5.91 Å². The van der Waals surface area contributed by atoms with Gasteiger partial charge >= 0.3 is 0 Å². The third-order valence-electron chi connectivity index (χ3n) is 2.26. The van der Waals surface area contributed by atoms with Crippen molar-refractivity contribution in [2.24, 2.45) is 0 Å². The monoisotopic (exact) mass is 262 g/mol. The summed E-state index contributed by atoms with van der Waals surface area (Å²) in [7, 11) is 0. The van der Waals surface area contributed by atoms with E-state index in [4.69, 9.17) is 11.6 Å². The van der Waals surface area contributed by atoms with Crippen LogP contribution in [-0.4, -0.2) is 20.9 Å². The third-order valence-corrected chi connectivity index (χ3v) is 2.45. The summed E-state index contributed by atoms with van der Waals surface area (Å²) >= 11 is 5.66. The zero-order chi connectivity index (χ0) is 13.0. The van der Waals surface area contributed by atoms with Crippen LogP contribution < -0.4 is 5.32 Å². The maximum atomic E-state index is 11.7. The Balaban J connectivity index is 1.98. The van der Waals surface area contributed by atoms with Crippen molar-refractivity contribution in [1.82, 2.24) is 20.3 Å². The standard InChI is InChI=1S/C12H11ClN4O/c1-8-2-3-9(4-15-8)5-16-12(18)10-6-14-7-11(13)17-10/h2-4,6-7H,5H2,1H3,(H,16,18). The third kappa shape index (κ3) is 3.24. The van der Waals surface area contributed by atoms with Gasteiger partial charge in [-0.1, -0.05) is 17.7 Å². The Bertz CT molecular complexity index is 556. The van der Waals surface area contributed by atoms with E-state index in [1.54, 1.807) is 6.20 Å². The van der Waals surface area contributed by atoms with Crippen molar-refractivity contribution in [3.63, 3.8) is 0 Å². The summed E-state index contributed by atoms with van der Waals surface area (Å²) in [4.78, 5) is 23.6. The van der Waals surface area contributed by atoms with E-state index in [1.807, 2.05) is 19.1 Å². The van der Waals surface area contributed by atoms with Crippen LogP contribution in [-0.2, 0) is 6.54 Å². The first-order valence-electron chi connectivity index (χ1n) is 5.32. The molecule has 2 aromatic rings. The molecule has 2 rings (SSSR count). The number of rotatable bonds is 3. The van der Waals surface area contributed by atoms with Crippen LogP contribution in [0.5, 0.6) is 0 Å². The molecule has 0 saturated carbocycles. The maximum Gasteiger partial charge on any atom is 0.271 e. The van der Waals surface area contributed by atoms with Crippen molar-refractivity contribution in [3.8, 4) is 0 Å². The van der Waals surface area contributed by atoms with Crippen LogP contribution in [0.1, 0.15) is 21.7 Å². The van der Waals surface area contributed by atoms with Gasteiger partial charge in [-0.2, -0.15) is 0 Å². The van der Waals surface area contributed by atoms with Crippen molar-refractivity contribution in [3.05, 3.63) is 52.8 Å². The summed E-state index contributed by atoms with van der Waals surface area (Å²) in [6.45, 7) is 2.30. The van der Waals surface area contributed by atoms with E-state index in [0.29, 0.717) is 6.54 Å². The van der Waals surface area contributed by atoms with Crippen LogP contribution in [0.3, 0.4) is 0 Å². The highest BCUT2D eigenvalue weighted by molar-refractivity contribution is 6.29. The van der Waals surface area contributed by atoms with Gasteiger partial charge in [0.2, 0.25) is 0 Å². The van der Waals surface area contributed by atoms with Gasteiger partial charge in [0.05, 0.1) is 12.4 Å². The summed E-state index contributed by atoms with van der Waals surface area (Å²) in [5, 5.41) is 2.92. The molecule has 0 fully saturated rings. The molecule has 1 N–H and O–H groups in total. The molecule has 2 heterocycles. The van der Waals surface area contributed by atoms with Crippen LogP contribution >= 0.6 is 11.6 Å². The van der Waals surface area contributed by atoms with Crippen LogP contribution in [0.25, 0.3) is 0 Å². The number of carbonyl (C=O) groups is 1. The Hall–Kier alpha value is -2.01. The Morgan fingerprint density at radius 3 is 2.83 bits per heavy atom. The highest BCUT2D eigenvalue weighted by Crippen LogP contribution is 2.03. The smallest absolute Gasteiger partial charge is 0.271 e. The molecule has 92 valence electrons. The lowest BCUT2D eigenvalue weighted by atomic mass is 10.2. The van der Waals surface area contributed by atoms with E-state index in [0.717, 1.165) is 11.3 Å². The van der Waals surface area contributed by atoms with E-state index < -0.39 is 0 Å². The number of nitrogens with zero attached hydrogens (tertiary/aromatic N) is 3. The first-order chi connectivity index (χ1) is 8.65. The van der Waals surface area contributed by atoms with Crippen molar-refractivity contribution < 1.29 is 4.79 Å². The molecule has 0 atom stereocenters. The normalized spacial score (nSPS) is 10.1. The molecule has 0 aromatic carbocycles. The summed E-state index contributed by atoms with van der Waals surface area (Å²) in [6.07, 6.45) is 4.47. The molecule has 0 aliphatic heterocycles. The van der Waals surface area contributed by atoms with Crippen LogP contribution in [0.2, 0.25) is 5.15 Å². The Morgan fingerprint density at radius 1 is 1.33 bits per heavy atom. The van der Waals surface area contributed by atoms with Crippen molar-refractivity contribution in [1.29, 1.82) is 0 Å². The van der Waals surface area contributed by atoms with Gasteiger partial charge in [0, 0.05) is 18.4 Å². The summed E-state index contributed by atoms with van der Waals surface area (Å²) in [6, 6.07) is 3.80. The number of hydrogen-bond donors (Lipinski definition) is 1. The molecule has 0 bridgehead atoms. The highest BCUT2D eigenvalue weighted by atomic mass is 35.5. The topological polar surface area (TPSA) is 67.8 Å². The number of aryl methyl sites for hydroxylation is 1. The second-order valence-electron chi connectivity index (χ2n) is 3.72. The average Bonchev–Trinajstić information content (AvgIpc) is 2.38. The predicted octanol–water partition coefficient (Wildman–Crippen LogP) is 1.76. The second-order valence-corrected chi connectivity index (χ2v) is 4.10. The molecule has 0 aliphatic carbocycles. The fourth-order valence-corrected chi connectivity index (χ4v) is 1.47. The van der Waals surface area contributed by atoms with Gasteiger partial charge < -0.3 is 5.32 Å². The van der Waals surface area contributed by atoms with Gasteiger partial charge in [-0.25, -0.2) is 4.98 Å². The van der Waals surface area contributed by atoms with Gasteiger partial charge in [0.15, 0.2) is 0 Å². The molecule has 0 saturated heterocycles. The number of carbonyl (C=O) groups excluding carboxylic acids is 1. The van der Waals surface area contributed by atoms with Gasteiger partial charge in [0.1, 0.15) is 10.8 Å². The van der Waals surface area contributed by atoms with Crippen molar-refractivity contribution in [2.45, 2.75) is 13.5 Å². The minimum Gasteiger partial charge on any atom is -0.347 e. The number of nitrogens with one attached hydrogen (secondary N) is 1. The first-order valence-corrected chi connectivity index (χ1v) is 5.70. The summed E-state index contributed by atoms with van der Waals surface area (Å²) in [5.41, 5.74) is 2.05. The number of amides is 1. The van der Waals surface area contributed by atoms with Crippen molar-refractivity contribution in [2.75, 3.05) is 0 Å². The molecule has 1 amide bonds.